The van der Waals surface area contributed by atoms with Crippen LogP contribution in [0.5, 0.6) is 5.75 Å². The number of alkyl halides is 3. The number of carboxylic acids is 1. The fraction of sp³-hybridized carbons (Fsp3) is 0.292. The van der Waals surface area contributed by atoms with Crippen LogP contribution in [-0.2, 0) is 14.8 Å². The highest BCUT2D eigenvalue weighted by molar-refractivity contribution is 7.88. The summed E-state index contributed by atoms with van der Waals surface area (Å²) in [6, 6.07) is 13.8. The summed E-state index contributed by atoms with van der Waals surface area (Å²) in [5, 5.41) is 14.0. The number of nitrogens with zero attached hydrogens (tertiary/aromatic N) is 3. The van der Waals surface area contributed by atoms with E-state index >= 15 is 0 Å². The molecule has 1 fully saturated rings. The molecule has 4 aromatic rings. The van der Waals surface area contributed by atoms with Gasteiger partial charge >= 0.3 is 12.1 Å². The molecule has 1 saturated heterocycles. The van der Waals surface area contributed by atoms with Crippen molar-refractivity contribution in [1.82, 2.24) is 24.5 Å². The minimum Gasteiger partial charge on any atom is -0.497 e. The second-order valence-electron chi connectivity index (χ2n) is 8.71. The van der Waals surface area contributed by atoms with Gasteiger partial charge in [0.25, 0.3) is 0 Å². The molecule has 2 atom stereocenters. The third-order valence-corrected chi connectivity index (χ3v) is 7.46. The largest absolute Gasteiger partial charge is 0.497 e. The van der Waals surface area contributed by atoms with E-state index in [0.717, 1.165) is 39.3 Å². The summed E-state index contributed by atoms with van der Waals surface area (Å²) in [7, 11) is -1.68. The van der Waals surface area contributed by atoms with E-state index in [1.54, 1.807) is 13.3 Å². The number of carboxylic acid groups (broad SMARTS) is 1. The predicted molar refractivity (Wildman–Crippen MR) is 132 cm³/mol. The molecule has 0 saturated carbocycles. The molecular formula is C24H24F3N5O5S. The summed E-state index contributed by atoms with van der Waals surface area (Å²) >= 11 is 0. The first-order valence-corrected chi connectivity index (χ1v) is 13.1. The van der Waals surface area contributed by atoms with Gasteiger partial charge in [0.1, 0.15) is 11.6 Å². The van der Waals surface area contributed by atoms with Crippen molar-refractivity contribution in [2.75, 3.05) is 26.5 Å². The van der Waals surface area contributed by atoms with Crippen LogP contribution in [0.3, 0.4) is 0 Å². The SMILES string of the molecule is COc1ccc([C@@H]2CN(S(C)(=O)=O)C[C@H]2c2nc3ccc(-c4cn[nH]c4)cc3[nH]2)cc1.O=C(O)C(F)(F)F. The zero-order valence-electron chi connectivity index (χ0n) is 20.2. The summed E-state index contributed by atoms with van der Waals surface area (Å²) in [5.41, 5.74) is 4.87. The van der Waals surface area contributed by atoms with Crippen LogP contribution >= 0.6 is 0 Å². The molecule has 0 unspecified atom stereocenters. The van der Waals surface area contributed by atoms with Crippen LogP contribution in [0.2, 0.25) is 0 Å². The molecule has 0 spiro atoms. The van der Waals surface area contributed by atoms with Crippen LogP contribution in [0.15, 0.2) is 54.9 Å². The van der Waals surface area contributed by atoms with E-state index in [1.165, 1.54) is 10.6 Å². The topological polar surface area (TPSA) is 141 Å². The Labute approximate surface area is 215 Å². The lowest BCUT2D eigenvalue weighted by atomic mass is 9.88. The van der Waals surface area contributed by atoms with Gasteiger partial charge in [-0.3, -0.25) is 5.10 Å². The molecule has 2 aromatic carbocycles. The van der Waals surface area contributed by atoms with E-state index in [-0.39, 0.29) is 11.8 Å². The number of fused-ring (bicyclic) bond motifs is 1. The number of aromatic amines is 2. The van der Waals surface area contributed by atoms with Crippen molar-refractivity contribution in [3.63, 3.8) is 0 Å². The molecule has 3 N–H and O–H groups in total. The maximum absolute atomic E-state index is 12.3. The number of methoxy groups -OCH3 is 1. The highest BCUT2D eigenvalue weighted by Gasteiger charge is 2.40. The van der Waals surface area contributed by atoms with Gasteiger partial charge in [0.05, 0.1) is 30.6 Å². The summed E-state index contributed by atoms with van der Waals surface area (Å²) < 4.78 is 63.1. The van der Waals surface area contributed by atoms with Crippen molar-refractivity contribution in [2.45, 2.75) is 18.0 Å². The number of rotatable bonds is 5. The Morgan fingerprint density at radius 3 is 2.32 bits per heavy atom. The van der Waals surface area contributed by atoms with E-state index in [9.17, 15) is 21.6 Å². The second-order valence-corrected chi connectivity index (χ2v) is 10.7. The Balaban J connectivity index is 0.000000426. The normalized spacial score (nSPS) is 18.2. The minimum absolute atomic E-state index is 0.00506. The quantitative estimate of drug-likeness (QED) is 0.343. The monoisotopic (exact) mass is 551 g/mol. The number of aromatic nitrogens is 4. The lowest BCUT2D eigenvalue weighted by Crippen LogP contribution is -2.27. The molecule has 0 bridgehead atoms. The lowest BCUT2D eigenvalue weighted by Gasteiger charge is -2.17. The average molecular weight is 552 g/mol. The van der Waals surface area contributed by atoms with Crippen LogP contribution in [0, 0.1) is 0 Å². The van der Waals surface area contributed by atoms with Crippen LogP contribution in [0.1, 0.15) is 23.2 Å². The maximum atomic E-state index is 12.3. The van der Waals surface area contributed by atoms with Gasteiger partial charge in [0.15, 0.2) is 0 Å². The minimum atomic E-state index is -5.08. The molecule has 202 valence electrons. The average Bonchev–Trinajstić information content (AvgIpc) is 3.62. The fourth-order valence-electron chi connectivity index (χ4n) is 4.30. The number of imidazole rings is 1. The van der Waals surface area contributed by atoms with Gasteiger partial charge in [-0.1, -0.05) is 18.2 Å². The molecule has 3 heterocycles. The number of ether oxygens (including phenoxy) is 1. The van der Waals surface area contributed by atoms with E-state index < -0.39 is 22.2 Å². The van der Waals surface area contributed by atoms with Gasteiger partial charge in [0, 0.05) is 36.7 Å². The van der Waals surface area contributed by atoms with E-state index in [4.69, 9.17) is 19.6 Å². The van der Waals surface area contributed by atoms with Gasteiger partial charge in [-0.25, -0.2) is 22.5 Å². The Kier molecular flexibility index (Phi) is 7.47. The molecular weight excluding hydrogens is 527 g/mol. The molecule has 1 aliphatic heterocycles. The first kappa shape index (κ1) is 27.1. The van der Waals surface area contributed by atoms with E-state index in [0.29, 0.717) is 13.1 Å². The Hall–Kier alpha value is -3.91. The number of sulfonamides is 1. The van der Waals surface area contributed by atoms with Crippen molar-refractivity contribution in [3.8, 4) is 16.9 Å². The number of nitrogens with one attached hydrogen (secondary N) is 2. The summed E-state index contributed by atoms with van der Waals surface area (Å²) in [6.07, 6.45) is -0.200. The van der Waals surface area contributed by atoms with Crippen LogP contribution < -0.4 is 4.74 Å². The molecule has 2 aromatic heterocycles. The molecule has 14 heteroatoms. The van der Waals surface area contributed by atoms with E-state index in [1.807, 2.05) is 48.7 Å². The highest BCUT2D eigenvalue weighted by atomic mass is 32.2. The third-order valence-electron chi connectivity index (χ3n) is 6.22. The van der Waals surface area contributed by atoms with Crippen molar-refractivity contribution >= 4 is 27.0 Å². The summed E-state index contributed by atoms with van der Waals surface area (Å²) in [5.74, 6) is -1.27. The Morgan fingerprint density at radius 1 is 1.11 bits per heavy atom. The zero-order chi connectivity index (χ0) is 27.7. The van der Waals surface area contributed by atoms with Crippen LogP contribution in [0.4, 0.5) is 13.2 Å². The van der Waals surface area contributed by atoms with Gasteiger partial charge in [0.2, 0.25) is 10.0 Å². The summed E-state index contributed by atoms with van der Waals surface area (Å²) in [4.78, 5) is 17.2. The summed E-state index contributed by atoms with van der Waals surface area (Å²) in [6.45, 7) is 0.817. The molecule has 0 aliphatic carbocycles. The fourth-order valence-corrected chi connectivity index (χ4v) is 5.16. The third kappa shape index (κ3) is 5.97. The first-order chi connectivity index (χ1) is 17.9. The van der Waals surface area contributed by atoms with Gasteiger partial charge < -0.3 is 14.8 Å². The molecule has 38 heavy (non-hydrogen) atoms. The van der Waals surface area contributed by atoms with Crippen LogP contribution in [0.25, 0.3) is 22.2 Å². The number of hydrogen-bond donors (Lipinski definition) is 3. The first-order valence-electron chi connectivity index (χ1n) is 11.2. The lowest BCUT2D eigenvalue weighted by molar-refractivity contribution is -0.192. The Morgan fingerprint density at radius 2 is 1.76 bits per heavy atom. The smallest absolute Gasteiger partial charge is 0.490 e. The molecule has 0 amide bonds. The van der Waals surface area contributed by atoms with Crippen LogP contribution in [-0.4, -0.2) is 76.6 Å². The van der Waals surface area contributed by atoms with Gasteiger partial charge in [-0.15, -0.1) is 0 Å². The number of benzene rings is 2. The number of H-pyrrole nitrogens is 2. The number of carbonyl (C=O) groups is 1. The standard InChI is InChI=1S/C22H23N5O3S.C2HF3O2/c1-30-17-6-3-14(4-7-17)18-12-27(31(2,28)29)13-19(18)22-25-20-8-5-15(9-21(20)26-22)16-10-23-24-11-16;3-2(4,5)1(6)7/h3-11,18-19H,12-13H2,1-2H3,(H,23,24)(H,25,26);(H,6,7)/t18-,19+;/m0./s1. The molecule has 1 aliphatic rings. The molecule has 0 radical (unpaired) electrons. The van der Waals surface area contributed by atoms with Crippen molar-refractivity contribution in [2.24, 2.45) is 0 Å². The van der Waals surface area contributed by atoms with Crippen molar-refractivity contribution in [1.29, 1.82) is 0 Å². The van der Waals surface area contributed by atoms with Gasteiger partial charge in [-0.05, 0) is 35.4 Å². The number of aliphatic carboxylic acids is 1. The molecule has 5 rings (SSSR count). The predicted octanol–water partition coefficient (Wildman–Crippen LogP) is 3.74. The van der Waals surface area contributed by atoms with Crippen molar-refractivity contribution in [3.05, 3.63) is 66.2 Å². The van der Waals surface area contributed by atoms with E-state index in [2.05, 4.69) is 15.2 Å². The maximum Gasteiger partial charge on any atom is 0.490 e. The van der Waals surface area contributed by atoms with Gasteiger partial charge in [-0.2, -0.15) is 18.3 Å². The number of halogens is 3. The second kappa shape index (κ2) is 10.5. The van der Waals surface area contributed by atoms with Crippen molar-refractivity contribution < 1.29 is 36.2 Å². The zero-order valence-corrected chi connectivity index (χ0v) is 21.0. The Bertz CT molecular complexity index is 1520. The highest BCUT2D eigenvalue weighted by Crippen LogP contribution is 2.40. The number of hydrogen-bond acceptors (Lipinski definition) is 6. The molecule has 10 nitrogen and oxygen atoms in total.